The Hall–Kier alpha value is -3.85. The number of nitrogens with zero attached hydrogens (tertiary/aromatic N) is 2. The number of ether oxygens (including phenoxy) is 3. The molecular weight excluding hydrogens is 442 g/mol. The van der Waals surface area contributed by atoms with Crippen LogP contribution in [-0.4, -0.2) is 43.2 Å². The molecule has 0 fully saturated rings. The van der Waals surface area contributed by atoms with Gasteiger partial charge in [-0.15, -0.1) is 11.3 Å². The standard InChI is InChI=1S/C24H23N3O5S/c1-30-16-6-4-15(5-7-16)10-11-25-22(28)19-13-26-24-27(23(19)29)20(14-33-24)18-12-17(31-2)8-9-21(18)32-3/h4-9,12-14H,10-11H2,1-3H3,(H,25,28). The van der Waals surface area contributed by atoms with Crippen molar-refractivity contribution in [3.05, 3.63) is 75.5 Å². The van der Waals surface area contributed by atoms with Crippen molar-refractivity contribution in [3.8, 4) is 28.5 Å². The molecule has 1 N–H and O–H groups in total. The van der Waals surface area contributed by atoms with Crippen LogP contribution in [0, 0.1) is 0 Å². The zero-order chi connectivity index (χ0) is 23.4. The van der Waals surface area contributed by atoms with Crippen LogP contribution in [0.5, 0.6) is 17.2 Å². The molecule has 4 rings (SSSR count). The monoisotopic (exact) mass is 465 g/mol. The van der Waals surface area contributed by atoms with Gasteiger partial charge in [-0.25, -0.2) is 4.98 Å². The molecule has 9 heteroatoms. The minimum atomic E-state index is -0.467. The van der Waals surface area contributed by atoms with E-state index in [0.717, 1.165) is 11.3 Å². The van der Waals surface area contributed by atoms with E-state index in [1.54, 1.807) is 39.5 Å². The minimum Gasteiger partial charge on any atom is -0.497 e. The number of hydrogen-bond acceptors (Lipinski definition) is 7. The first-order chi connectivity index (χ1) is 16.0. The molecule has 0 aliphatic heterocycles. The number of hydrogen-bond donors (Lipinski definition) is 1. The number of thiazole rings is 1. The molecule has 2 heterocycles. The van der Waals surface area contributed by atoms with Gasteiger partial charge in [0.1, 0.15) is 22.8 Å². The molecule has 4 aromatic rings. The predicted molar refractivity (Wildman–Crippen MR) is 127 cm³/mol. The highest BCUT2D eigenvalue weighted by Crippen LogP contribution is 2.34. The molecule has 33 heavy (non-hydrogen) atoms. The third kappa shape index (κ3) is 4.54. The van der Waals surface area contributed by atoms with Crippen molar-refractivity contribution >= 4 is 22.2 Å². The van der Waals surface area contributed by atoms with E-state index in [1.807, 2.05) is 29.6 Å². The Morgan fingerprint density at radius 1 is 1.03 bits per heavy atom. The third-order valence-corrected chi connectivity index (χ3v) is 6.07. The summed E-state index contributed by atoms with van der Waals surface area (Å²) in [6, 6.07) is 12.9. The van der Waals surface area contributed by atoms with E-state index in [0.29, 0.717) is 40.7 Å². The highest BCUT2D eigenvalue weighted by Gasteiger charge is 2.19. The fraction of sp³-hybridized carbons (Fsp3) is 0.208. The van der Waals surface area contributed by atoms with Crippen LogP contribution in [0.2, 0.25) is 0 Å². The molecule has 170 valence electrons. The van der Waals surface area contributed by atoms with Crippen LogP contribution in [0.4, 0.5) is 0 Å². The van der Waals surface area contributed by atoms with E-state index >= 15 is 0 Å². The first kappa shape index (κ1) is 22.3. The van der Waals surface area contributed by atoms with Gasteiger partial charge in [0.05, 0.1) is 27.0 Å². The largest absolute Gasteiger partial charge is 0.497 e. The Morgan fingerprint density at radius 3 is 2.45 bits per heavy atom. The van der Waals surface area contributed by atoms with Gasteiger partial charge in [0, 0.05) is 23.7 Å². The van der Waals surface area contributed by atoms with Crippen molar-refractivity contribution in [1.29, 1.82) is 0 Å². The zero-order valence-corrected chi connectivity index (χ0v) is 19.3. The number of carbonyl (C=O) groups excluding carboxylic acids is 1. The van der Waals surface area contributed by atoms with Gasteiger partial charge in [-0.1, -0.05) is 12.1 Å². The SMILES string of the molecule is COc1ccc(CCNC(=O)c2cnc3scc(-c4cc(OC)ccc4OC)n3c2=O)cc1. The van der Waals surface area contributed by atoms with Crippen LogP contribution >= 0.6 is 11.3 Å². The number of amides is 1. The summed E-state index contributed by atoms with van der Waals surface area (Å²) < 4.78 is 17.4. The van der Waals surface area contributed by atoms with Gasteiger partial charge in [0.25, 0.3) is 11.5 Å². The zero-order valence-electron chi connectivity index (χ0n) is 18.5. The van der Waals surface area contributed by atoms with E-state index in [-0.39, 0.29) is 5.56 Å². The van der Waals surface area contributed by atoms with Crippen LogP contribution in [0.1, 0.15) is 15.9 Å². The summed E-state index contributed by atoms with van der Waals surface area (Å²) in [6.07, 6.45) is 1.95. The molecule has 0 aliphatic carbocycles. The summed E-state index contributed by atoms with van der Waals surface area (Å²) in [5, 5.41) is 4.62. The molecule has 0 aliphatic rings. The average molecular weight is 466 g/mol. The smallest absolute Gasteiger partial charge is 0.271 e. The molecule has 0 spiro atoms. The van der Waals surface area contributed by atoms with E-state index < -0.39 is 11.5 Å². The van der Waals surface area contributed by atoms with Crippen LogP contribution in [0.15, 0.2) is 58.8 Å². The lowest BCUT2D eigenvalue weighted by Gasteiger charge is -2.11. The van der Waals surface area contributed by atoms with Gasteiger partial charge in [-0.3, -0.25) is 14.0 Å². The topological polar surface area (TPSA) is 91.2 Å². The number of aromatic nitrogens is 2. The lowest BCUT2D eigenvalue weighted by Crippen LogP contribution is -2.32. The molecule has 0 bridgehead atoms. The Balaban J connectivity index is 1.60. The van der Waals surface area contributed by atoms with Crippen molar-refractivity contribution in [2.45, 2.75) is 6.42 Å². The van der Waals surface area contributed by atoms with E-state index in [4.69, 9.17) is 14.2 Å². The molecule has 2 aromatic heterocycles. The van der Waals surface area contributed by atoms with Crippen LogP contribution in [0.25, 0.3) is 16.2 Å². The highest BCUT2D eigenvalue weighted by molar-refractivity contribution is 7.15. The third-order valence-electron chi connectivity index (χ3n) is 5.23. The maximum atomic E-state index is 13.3. The Bertz CT molecular complexity index is 1340. The van der Waals surface area contributed by atoms with E-state index in [1.165, 1.54) is 21.9 Å². The summed E-state index contributed by atoms with van der Waals surface area (Å²) >= 11 is 1.31. The van der Waals surface area contributed by atoms with Crippen molar-refractivity contribution in [2.24, 2.45) is 0 Å². The number of methoxy groups -OCH3 is 3. The van der Waals surface area contributed by atoms with Gasteiger partial charge in [0.2, 0.25) is 0 Å². The second-order valence-electron chi connectivity index (χ2n) is 7.14. The number of benzene rings is 2. The van der Waals surface area contributed by atoms with Crippen molar-refractivity contribution < 1.29 is 19.0 Å². The molecule has 8 nitrogen and oxygen atoms in total. The minimum absolute atomic E-state index is 0.0243. The molecule has 2 aromatic carbocycles. The second kappa shape index (κ2) is 9.74. The maximum Gasteiger partial charge on any atom is 0.271 e. The Kier molecular flexibility index (Phi) is 6.60. The molecule has 0 saturated heterocycles. The van der Waals surface area contributed by atoms with Crippen LogP contribution < -0.4 is 25.1 Å². The van der Waals surface area contributed by atoms with Gasteiger partial charge >= 0.3 is 0 Å². The summed E-state index contributed by atoms with van der Waals surface area (Å²) in [4.78, 5) is 30.8. The van der Waals surface area contributed by atoms with Gasteiger partial charge < -0.3 is 19.5 Å². The highest BCUT2D eigenvalue weighted by atomic mass is 32.1. The first-order valence-electron chi connectivity index (χ1n) is 10.2. The molecule has 1 amide bonds. The van der Waals surface area contributed by atoms with Crippen molar-refractivity contribution in [3.63, 3.8) is 0 Å². The average Bonchev–Trinajstić information content (AvgIpc) is 3.29. The molecule has 0 atom stereocenters. The van der Waals surface area contributed by atoms with Crippen LogP contribution in [0.3, 0.4) is 0 Å². The van der Waals surface area contributed by atoms with Crippen LogP contribution in [-0.2, 0) is 6.42 Å². The predicted octanol–water partition coefficient (Wildman–Crippen LogP) is 3.42. The summed E-state index contributed by atoms with van der Waals surface area (Å²) in [5.41, 5.74) is 1.83. The second-order valence-corrected chi connectivity index (χ2v) is 7.97. The maximum absolute atomic E-state index is 13.3. The number of carbonyl (C=O) groups is 1. The summed E-state index contributed by atoms with van der Waals surface area (Å²) in [7, 11) is 4.74. The van der Waals surface area contributed by atoms with Gasteiger partial charge in [-0.2, -0.15) is 0 Å². The van der Waals surface area contributed by atoms with Gasteiger partial charge in [-0.05, 0) is 42.3 Å². The molecule has 0 radical (unpaired) electrons. The first-order valence-corrected chi connectivity index (χ1v) is 11.1. The van der Waals surface area contributed by atoms with E-state index in [9.17, 15) is 9.59 Å². The molecule has 0 unspecified atom stereocenters. The van der Waals surface area contributed by atoms with E-state index in [2.05, 4.69) is 10.3 Å². The number of rotatable bonds is 8. The number of nitrogens with one attached hydrogen (secondary N) is 1. The quantitative estimate of drug-likeness (QED) is 0.429. The normalized spacial score (nSPS) is 10.8. The summed E-state index contributed by atoms with van der Waals surface area (Å²) in [6.45, 7) is 0.382. The van der Waals surface area contributed by atoms with Crippen molar-refractivity contribution in [1.82, 2.24) is 14.7 Å². The lowest BCUT2D eigenvalue weighted by molar-refractivity contribution is 0.0952. The fourth-order valence-electron chi connectivity index (χ4n) is 3.46. The number of fused-ring (bicyclic) bond motifs is 1. The molecular formula is C24H23N3O5S. The summed E-state index contributed by atoms with van der Waals surface area (Å²) in [5.74, 6) is 1.51. The Morgan fingerprint density at radius 2 is 1.76 bits per heavy atom. The van der Waals surface area contributed by atoms with Gasteiger partial charge in [0.15, 0.2) is 4.96 Å². The Labute approximate surface area is 194 Å². The fourth-order valence-corrected chi connectivity index (χ4v) is 4.31. The molecule has 0 saturated carbocycles. The lowest BCUT2D eigenvalue weighted by atomic mass is 10.1. The van der Waals surface area contributed by atoms with Crippen molar-refractivity contribution in [2.75, 3.05) is 27.9 Å².